The Bertz CT molecular complexity index is 1890. The molecule has 7 heteroatoms. The first kappa shape index (κ1) is 40.4. The Labute approximate surface area is 335 Å². The Kier molecular flexibility index (Phi) is 13.1. The molecule has 260 valence electrons. The van der Waals surface area contributed by atoms with Crippen LogP contribution in [-0.4, -0.2) is 33.8 Å². The van der Waals surface area contributed by atoms with E-state index in [0.717, 1.165) is 28.2 Å². The molecule has 8 rings (SSSR count). The molecule has 2 saturated carbocycles. The summed E-state index contributed by atoms with van der Waals surface area (Å²) in [7, 11) is 8.17. The van der Waals surface area contributed by atoms with Crippen LogP contribution in [0.4, 0.5) is 0 Å². The molecule has 0 spiro atoms. The predicted molar refractivity (Wildman–Crippen MR) is 225 cm³/mol. The summed E-state index contributed by atoms with van der Waals surface area (Å²) < 4.78 is 3.38. The molecular weight excluding hydrogens is 886 g/mol. The third-order valence-electron chi connectivity index (χ3n) is 12.4. The van der Waals surface area contributed by atoms with E-state index < -0.39 is 28.9 Å². The molecule has 2 aromatic heterocycles. The van der Waals surface area contributed by atoms with Crippen LogP contribution in [-0.2, 0) is 20.8 Å². The van der Waals surface area contributed by atoms with Crippen molar-refractivity contribution in [2.45, 2.75) is 89.7 Å². The first-order valence-corrected chi connectivity index (χ1v) is 30.7. The average Bonchev–Trinajstić information content (AvgIpc) is 3.79. The number of rotatable bonds is 4. The molecule has 49 heavy (non-hydrogen) atoms. The number of fused-ring (bicyclic) bond motifs is 5. The summed E-state index contributed by atoms with van der Waals surface area (Å²) in [6.07, 6.45) is 7.88. The summed E-state index contributed by atoms with van der Waals surface area (Å²) in [5.74, 6) is 3.70. The number of hydrogen-bond donors (Lipinski definition) is 0. The fraction of sp³-hybridized carbons (Fsp3) is 0.429. The fourth-order valence-corrected chi connectivity index (χ4v) is 24.4. The predicted octanol–water partition coefficient (Wildman–Crippen LogP) is 14.0. The van der Waals surface area contributed by atoms with Crippen LogP contribution >= 0.6 is 40.1 Å². The number of aryl methyl sites for hydroxylation is 3. The number of thioether (sulfide) groups is 1. The summed E-state index contributed by atoms with van der Waals surface area (Å²) in [5.41, 5.74) is 11.4. The number of hydrogen-bond acceptors (Lipinski definition) is 2. The van der Waals surface area contributed by atoms with Crippen molar-refractivity contribution in [3.05, 3.63) is 111 Å². The summed E-state index contributed by atoms with van der Waals surface area (Å²) in [4.78, 5) is 4.70. The molecule has 2 fully saturated rings. The Morgan fingerprint density at radius 3 is 2.14 bits per heavy atom. The van der Waals surface area contributed by atoms with Gasteiger partial charge in [0.25, 0.3) is 0 Å². The van der Waals surface area contributed by atoms with E-state index >= 15 is 0 Å². The van der Waals surface area contributed by atoms with E-state index in [1.54, 1.807) is 39.5 Å². The molecule has 0 saturated heterocycles. The van der Waals surface area contributed by atoms with Crippen LogP contribution in [0, 0.1) is 66.2 Å². The molecule has 3 heterocycles. The minimum absolute atomic E-state index is 0. The number of thiophene rings is 1. The first-order valence-electron chi connectivity index (χ1n) is 17.2. The SMILES string of the molecule is Cc1sc(C)c(C2=C(c3c(C)[te]c4ccccc34)C3CC(C)C([Si](C)(C)C4C(C)CC5c6ccccc6C=CC54)C3S2)c1C.[CH3-].[CH3-].[Cl][Zr+2][Cl]. The van der Waals surface area contributed by atoms with E-state index in [2.05, 4.69) is 127 Å². The maximum atomic E-state index is 4.93. The molecule has 1 aliphatic heterocycles. The van der Waals surface area contributed by atoms with Crippen molar-refractivity contribution < 1.29 is 20.8 Å². The molecule has 8 atom stereocenters. The van der Waals surface area contributed by atoms with Crippen LogP contribution in [0.5, 0.6) is 0 Å². The van der Waals surface area contributed by atoms with Crippen molar-refractivity contribution in [3.63, 3.8) is 0 Å². The second kappa shape index (κ2) is 15.9. The summed E-state index contributed by atoms with van der Waals surface area (Å²) in [5, 5.41) is 2.30. The molecule has 2 aromatic carbocycles. The fourth-order valence-electron chi connectivity index (χ4n) is 10.9. The van der Waals surface area contributed by atoms with Crippen LogP contribution in [0.3, 0.4) is 0 Å². The Morgan fingerprint density at radius 1 is 0.816 bits per heavy atom. The molecule has 8 unspecified atom stereocenters. The van der Waals surface area contributed by atoms with Gasteiger partial charge in [-0.3, -0.25) is 0 Å². The van der Waals surface area contributed by atoms with Gasteiger partial charge in [-0.05, 0) is 0 Å². The van der Waals surface area contributed by atoms with Crippen molar-refractivity contribution in [3.8, 4) is 0 Å². The van der Waals surface area contributed by atoms with Gasteiger partial charge in [0, 0.05) is 0 Å². The van der Waals surface area contributed by atoms with Crippen LogP contribution in [0.2, 0.25) is 24.2 Å². The van der Waals surface area contributed by atoms with E-state index in [4.69, 9.17) is 17.0 Å². The van der Waals surface area contributed by atoms with Crippen LogP contribution in [0.25, 0.3) is 25.3 Å². The zero-order chi connectivity index (χ0) is 33.4. The second-order valence-corrected chi connectivity index (χ2v) is 30.1. The second-order valence-electron chi connectivity index (χ2n) is 15.2. The Balaban J connectivity index is 0.000000905. The van der Waals surface area contributed by atoms with E-state index in [9.17, 15) is 0 Å². The van der Waals surface area contributed by atoms with Gasteiger partial charge in [-0.1, -0.05) is 18.2 Å². The Morgan fingerprint density at radius 2 is 1.45 bits per heavy atom. The average molecular weight is 939 g/mol. The van der Waals surface area contributed by atoms with Crippen molar-refractivity contribution in [2.24, 2.45) is 23.7 Å². The summed E-state index contributed by atoms with van der Waals surface area (Å²) in [6.45, 7) is 20.6. The van der Waals surface area contributed by atoms with Gasteiger partial charge in [0.1, 0.15) is 0 Å². The van der Waals surface area contributed by atoms with Crippen molar-refractivity contribution in [2.75, 3.05) is 0 Å². The summed E-state index contributed by atoms with van der Waals surface area (Å²) in [6, 6.07) is 18.7. The molecule has 3 aliphatic carbocycles. The van der Waals surface area contributed by atoms with Crippen LogP contribution in [0.15, 0.2) is 54.6 Å². The van der Waals surface area contributed by atoms with Crippen LogP contribution < -0.4 is 0 Å². The molecule has 0 nitrogen and oxygen atoms in total. The van der Waals surface area contributed by atoms with E-state index in [0.29, 0.717) is 17.8 Å². The Hall–Kier alpha value is 0.180. The van der Waals surface area contributed by atoms with Gasteiger partial charge in [0.2, 0.25) is 0 Å². The van der Waals surface area contributed by atoms with E-state index in [1.165, 1.54) is 33.7 Å². The molecule has 0 radical (unpaired) electrons. The van der Waals surface area contributed by atoms with Gasteiger partial charge in [-0.15, -0.1) is 0 Å². The van der Waals surface area contributed by atoms with Gasteiger partial charge in [-0.2, -0.15) is 0 Å². The van der Waals surface area contributed by atoms with Crippen molar-refractivity contribution in [1.82, 2.24) is 0 Å². The van der Waals surface area contributed by atoms with Gasteiger partial charge < -0.3 is 14.9 Å². The molecule has 4 aromatic rings. The monoisotopic (exact) mass is 938 g/mol. The van der Waals surface area contributed by atoms with Crippen molar-refractivity contribution >= 4 is 94.0 Å². The topological polar surface area (TPSA) is 0 Å². The number of halogens is 2. The van der Waals surface area contributed by atoms with Gasteiger partial charge in [0.05, 0.1) is 0 Å². The van der Waals surface area contributed by atoms with E-state index in [-0.39, 0.29) is 35.3 Å². The minimum atomic E-state index is -1.69. The van der Waals surface area contributed by atoms with Crippen LogP contribution in [0.1, 0.15) is 73.8 Å². The quantitative estimate of drug-likeness (QED) is 0.145. The molecule has 0 amide bonds. The normalized spacial score (nSPS) is 28.2. The first-order chi connectivity index (χ1) is 22.5. The standard InChI is InChI=1S/C40H46S2SiTe.2CH3.2ClH.Zr/c1-21-19-31-28-14-10-9-13-27(28)17-18-29(31)39(21)43(7,8)40-22(2)20-32-36(35-26(6)44-33-16-12-11-15-30(33)35)38(42-37(32)40)34-23(3)24(4)41-25(34)5;;;;;/h9-18,21-22,29,31-32,37,39-40H,19-20H2,1-8H3;2*1H3;2*1H;/q;2*-1;;;+4/p-2. The maximum absolute atomic E-state index is 4.93. The zero-order valence-electron chi connectivity index (χ0n) is 30.8. The van der Waals surface area contributed by atoms with Gasteiger partial charge in [0.15, 0.2) is 0 Å². The zero-order valence-corrected chi connectivity index (χ0v) is 39.7. The molecular formula is C42H52Cl2S2SiTeZr. The van der Waals surface area contributed by atoms with Gasteiger partial charge >= 0.3 is 306 Å². The van der Waals surface area contributed by atoms with Crippen molar-refractivity contribution in [1.29, 1.82) is 0 Å². The molecule has 0 N–H and O–H groups in total. The number of allylic oxidation sites excluding steroid dienone is 2. The third-order valence-corrected chi connectivity index (χ3v) is 23.8. The van der Waals surface area contributed by atoms with E-state index in [1.807, 2.05) is 11.3 Å². The van der Waals surface area contributed by atoms with Gasteiger partial charge in [-0.25, -0.2) is 0 Å². The third kappa shape index (κ3) is 6.77. The summed E-state index contributed by atoms with van der Waals surface area (Å²) >= 11 is 3.26. The molecule has 0 bridgehead atoms. The molecule has 4 aliphatic rings. The number of benzene rings is 2.